The van der Waals surface area contributed by atoms with Crippen LogP contribution in [0.2, 0.25) is 0 Å². The Balaban J connectivity index is 1.35. The molecular formula is C20H28N2O3. The molecule has 1 aliphatic carbocycles. The summed E-state index contributed by atoms with van der Waals surface area (Å²) in [5.41, 5.74) is 1.23. The number of amides is 1. The van der Waals surface area contributed by atoms with E-state index >= 15 is 0 Å². The van der Waals surface area contributed by atoms with Crippen molar-refractivity contribution in [2.45, 2.75) is 50.0 Å². The van der Waals surface area contributed by atoms with Crippen molar-refractivity contribution < 1.29 is 14.3 Å². The third-order valence-corrected chi connectivity index (χ3v) is 6.06. The van der Waals surface area contributed by atoms with E-state index in [9.17, 15) is 4.79 Å². The van der Waals surface area contributed by atoms with Crippen LogP contribution >= 0.6 is 0 Å². The summed E-state index contributed by atoms with van der Waals surface area (Å²) in [4.78, 5) is 14.2. The van der Waals surface area contributed by atoms with Gasteiger partial charge in [-0.3, -0.25) is 4.79 Å². The van der Waals surface area contributed by atoms with Crippen LogP contribution in [0.3, 0.4) is 0 Å². The molecule has 1 saturated carbocycles. The lowest BCUT2D eigenvalue weighted by Crippen LogP contribution is -2.43. The molecule has 0 aromatic heterocycles. The van der Waals surface area contributed by atoms with E-state index in [4.69, 9.17) is 9.47 Å². The molecule has 3 fully saturated rings. The van der Waals surface area contributed by atoms with Crippen molar-refractivity contribution in [3.8, 4) is 0 Å². The molecule has 5 heteroatoms. The Morgan fingerprint density at radius 1 is 1.16 bits per heavy atom. The lowest BCUT2D eigenvalue weighted by molar-refractivity contribution is -0.179. The maximum Gasteiger partial charge on any atom is 0.223 e. The third kappa shape index (κ3) is 3.46. The number of hydrogen-bond donors (Lipinski definition) is 1. The molecule has 0 bridgehead atoms. The van der Waals surface area contributed by atoms with E-state index in [1.165, 1.54) is 5.56 Å². The summed E-state index contributed by atoms with van der Waals surface area (Å²) in [5, 5.41) is 3.72. The van der Waals surface area contributed by atoms with Crippen molar-refractivity contribution in [1.29, 1.82) is 0 Å². The lowest BCUT2D eigenvalue weighted by Gasteiger charge is -2.36. The second-order valence-corrected chi connectivity index (χ2v) is 7.61. The van der Waals surface area contributed by atoms with Gasteiger partial charge < -0.3 is 19.7 Å². The fourth-order valence-corrected chi connectivity index (χ4v) is 4.65. The molecular weight excluding hydrogens is 316 g/mol. The minimum absolute atomic E-state index is 0.178. The van der Waals surface area contributed by atoms with Gasteiger partial charge in [0.1, 0.15) is 0 Å². The molecule has 136 valence electrons. The molecule has 5 nitrogen and oxygen atoms in total. The molecule has 1 N–H and O–H groups in total. The first kappa shape index (κ1) is 17.0. The van der Waals surface area contributed by atoms with Crippen LogP contribution in [0.1, 0.15) is 43.7 Å². The smallest absolute Gasteiger partial charge is 0.223 e. The molecule has 2 atom stereocenters. The minimum Gasteiger partial charge on any atom is -0.348 e. The number of ether oxygens (including phenoxy) is 2. The predicted octanol–water partition coefficient (Wildman–Crippen LogP) is 2.48. The molecule has 4 rings (SSSR count). The van der Waals surface area contributed by atoms with Gasteiger partial charge in [0.05, 0.1) is 19.3 Å². The molecule has 0 unspecified atom stereocenters. The van der Waals surface area contributed by atoms with Crippen molar-refractivity contribution >= 4 is 5.91 Å². The summed E-state index contributed by atoms with van der Waals surface area (Å²) < 4.78 is 11.6. The van der Waals surface area contributed by atoms with Crippen molar-refractivity contribution in [3.63, 3.8) is 0 Å². The minimum atomic E-state index is -0.297. The second kappa shape index (κ2) is 7.06. The number of carbonyl (C=O) groups excluding carboxylic acids is 1. The summed E-state index contributed by atoms with van der Waals surface area (Å²) in [5.74, 6) is 0.277. The molecule has 1 spiro atoms. The molecule has 2 saturated heterocycles. The van der Waals surface area contributed by atoms with Gasteiger partial charge >= 0.3 is 0 Å². The van der Waals surface area contributed by atoms with Crippen LogP contribution in [0.15, 0.2) is 30.3 Å². The molecule has 1 amide bonds. The van der Waals surface area contributed by atoms with Crippen LogP contribution in [-0.4, -0.2) is 49.4 Å². The van der Waals surface area contributed by atoms with Crippen molar-refractivity contribution in [2.24, 2.45) is 5.92 Å². The van der Waals surface area contributed by atoms with Gasteiger partial charge in [-0.1, -0.05) is 30.3 Å². The maximum absolute atomic E-state index is 12.3. The van der Waals surface area contributed by atoms with Gasteiger partial charge in [0.25, 0.3) is 0 Å². The van der Waals surface area contributed by atoms with Crippen LogP contribution in [0.5, 0.6) is 0 Å². The fourth-order valence-electron chi connectivity index (χ4n) is 4.65. The molecule has 2 aliphatic heterocycles. The first-order valence-electron chi connectivity index (χ1n) is 9.49. The Labute approximate surface area is 149 Å². The van der Waals surface area contributed by atoms with Crippen LogP contribution in [0.25, 0.3) is 0 Å². The molecule has 25 heavy (non-hydrogen) atoms. The lowest BCUT2D eigenvalue weighted by atomic mass is 9.88. The Morgan fingerprint density at radius 3 is 2.52 bits per heavy atom. The summed E-state index contributed by atoms with van der Waals surface area (Å²) >= 11 is 0. The first-order chi connectivity index (χ1) is 12.2. The van der Waals surface area contributed by atoms with Gasteiger partial charge in [0, 0.05) is 44.8 Å². The number of nitrogens with one attached hydrogen (secondary N) is 1. The zero-order valence-electron chi connectivity index (χ0n) is 14.9. The average Bonchev–Trinajstić information content (AvgIpc) is 3.20. The quantitative estimate of drug-likeness (QED) is 0.912. The Kier molecular flexibility index (Phi) is 4.80. The first-order valence-corrected chi connectivity index (χ1v) is 9.49. The summed E-state index contributed by atoms with van der Waals surface area (Å²) in [6, 6.07) is 11.1. The van der Waals surface area contributed by atoms with E-state index in [1.807, 2.05) is 18.0 Å². The summed E-state index contributed by atoms with van der Waals surface area (Å²) in [6.07, 6.45) is 4.72. The van der Waals surface area contributed by atoms with Gasteiger partial charge in [-0.2, -0.15) is 0 Å². The van der Waals surface area contributed by atoms with Crippen molar-refractivity contribution in [2.75, 3.05) is 26.8 Å². The summed E-state index contributed by atoms with van der Waals surface area (Å²) in [7, 11) is 1.93. The Hall–Kier alpha value is -1.43. The van der Waals surface area contributed by atoms with E-state index in [-0.39, 0.29) is 17.7 Å². The monoisotopic (exact) mass is 344 g/mol. The Morgan fingerprint density at radius 2 is 1.84 bits per heavy atom. The fraction of sp³-hybridized carbons (Fsp3) is 0.650. The topological polar surface area (TPSA) is 50.8 Å². The molecule has 3 aliphatic rings. The van der Waals surface area contributed by atoms with Gasteiger partial charge in [0.15, 0.2) is 5.79 Å². The maximum atomic E-state index is 12.3. The second-order valence-electron chi connectivity index (χ2n) is 7.61. The van der Waals surface area contributed by atoms with Gasteiger partial charge in [-0.05, 0) is 18.4 Å². The zero-order valence-corrected chi connectivity index (χ0v) is 14.9. The van der Waals surface area contributed by atoms with E-state index in [0.717, 1.165) is 45.4 Å². The van der Waals surface area contributed by atoms with Gasteiger partial charge in [-0.15, -0.1) is 0 Å². The highest BCUT2D eigenvalue weighted by molar-refractivity contribution is 5.79. The predicted molar refractivity (Wildman–Crippen MR) is 95.0 cm³/mol. The van der Waals surface area contributed by atoms with Crippen LogP contribution in [-0.2, 0) is 14.3 Å². The largest absolute Gasteiger partial charge is 0.348 e. The van der Waals surface area contributed by atoms with E-state index in [0.29, 0.717) is 18.4 Å². The zero-order chi connectivity index (χ0) is 17.3. The normalized spacial score (nSPS) is 29.6. The van der Waals surface area contributed by atoms with Crippen LogP contribution in [0, 0.1) is 5.92 Å². The molecule has 1 aromatic rings. The van der Waals surface area contributed by atoms with E-state index < -0.39 is 0 Å². The number of benzene rings is 1. The molecule has 0 radical (unpaired) electrons. The van der Waals surface area contributed by atoms with Crippen molar-refractivity contribution in [3.05, 3.63) is 35.9 Å². The average molecular weight is 344 g/mol. The van der Waals surface area contributed by atoms with Gasteiger partial charge in [0.2, 0.25) is 5.91 Å². The molecule has 1 aromatic carbocycles. The number of nitrogens with zero attached hydrogens (tertiary/aromatic N) is 1. The number of likely N-dealkylation sites (tertiary alicyclic amines) is 1. The SMILES string of the molecule is CN1C(=O)C[C@H](CNC2CCC3(CC2)OCCO3)[C@@H]1c1ccccc1. The standard InChI is InChI=1S/C20H28N2O3/c1-22-18(23)13-16(19(22)15-5-3-2-4-6-15)14-21-17-7-9-20(10-8-17)24-11-12-25-20/h2-6,16-17,19,21H,7-14H2,1H3/t16-,19+/m1/s1. The van der Waals surface area contributed by atoms with Crippen LogP contribution < -0.4 is 5.32 Å². The number of rotatable bonds is 4. The Bertz CT molecular complexity index is 590. The number of hydrogen-bond acceptors (Lipinski definition) is 4. The van der Waals surface area contributed by atoms with Gasteiger partial charge in [-0.25, -0.2) is 0 Å². The highest BCUT2D eigenvalue weighted by Crippen LogP contribution is 2.38. The summed E-state index contributed by atoms with van der Waals surface area (Å²) in [6.45, 7) is 2.34. The van der Waals surface area contributed by atoms with Crippen LogP contribution in [0.4, 0.5) is 0 Å². The third-order valence-electron chi connectivity index (χ3n) is 6.06. The molecule has 2 heterocycles. The van der Waals surface area contributed by atoms with Crippen molar-refractivity contribution in [1.82, 2.24) is 10.2 Å². The van der Waals surface area contributed by atoms with E-state index in [1.54, 1.807) is 0 Å². The van der Waals surface area contributed by atoms with E-state index in [2.05, 4.69) is 29.6 Å². The number of carbonyl (C=O) groups is 1. The highest BCUT2D eigenvalue weighted by Gasteiger charge is 2.41. The highest BCUT2D eigenvalue weighted by atomic mass is 16.7.